The van der Waals surface area contributed by atoms with Crippen LogP contribution in [0.15, 0.2) is 30.3 Å². The number of aromatic nitrogens is 2. The van der Waals surface area contributed by atoms with Crippen LogP contribution in [0.1, 0.15) is 55.5 Å². The molecule has 0 fully saturated rings. The van der Waals surface area contributed by atoms with Gasteiger partial charge in [-0.1, -0.05) is 26.0 Å². The van der Waals surface area contributed by atoms with Gasteiger partial charge in [0.15, 0.2) is 0 Å². The molecule has 0 aliphatic rings. The molecule has 2 N–H and O–H groups in total. The number of nitrogens with zero attached hydrogens (tertiary/aromatic N) is 1. The lowest BCUT2D eigenvalue weighted by Crippen LogP contribution is -2.26. The van der Waals surface area contributed by atoms with Crippen molar-refractivity contribution in [1.82, 2.24) is 15.5 Å². The van der Waals surface area contributed by atoms with Gasteiger partial charge in [-0.3, -0.25) is 9.89 Å². The van der Waals surface area contributed by atoms with E-state index in [9.17, 15) is 4.79 Å². The number of amides is 1. The lowest BCUT2D eigenvalue weighted by molar-refractivity contribution is 0.0935. The first-order valence-corrected chi connectivity index (χ1v) is 8.07. The van der Waals surface area contributed by atoms with Crippen LogP contribution in [0.5, 0.6) is 5.75 Å². The average molecular weight is 315 g/mol. The van der Waals surface area contributed by atoms with Crippen molar-refractivity contribution >= 4 is 5.91 Å². The van der Waals surface area contributed by atoms with Crippen molar-refractivity contribution in [3.05, 3.63) is 47.3 Å². The van der Waals surface area contributed by atoms with Crippen LogP contribution in [-0.4, -0.2) is 22.7 Å². The van der Waals surface area contributed by atoms with E-state index in [1.54, 1.807) is 0 Å². The molecule has 2 rings (SSSR count). The number of benzene rings is 1. The van der Waals surface area contributed by atoms with Crippen LogP contribution in [0.3, 0.4) is 0 Å². The van der Waals surface area contributed by atoms with Gasteiger partial charge in [-0.05, 0) is 49.9 Å². The summed E-state index contributed by atoms with van der Waals surface area (Å²) >= 11 is 0. The predicted octanol–water partition coefficient (Wildman–Crippen LogP) is 3.50. The second kappa shape index (κ2) is 7.81. The third kappa shape index (κ3) is 4.84. The largest absolute Gasteiger partial charge is 0.494 e. The summed E-state index contributed by atoms with van der Waals surface area (Å²) in [6.07, 6.45) is 0.884. The maximum atomic E-state index is 12.3. The molecular weight excluding hydrogens is 290 g/mol. The van der Waals surface area contributed by atoms with E-state index < -0.39 is 0 Å². The normalized spacial score (nSPS) is 12.2. The predicted molar refractivity (Wildman–Crippen MR) is 90.6 cm³/mol. The highest BCUT2D eigenvalue weighted by molar-refractivity contribution is 5.92. The van der Waals surface area contributed by atoms with Crippen molar-refractivity contribution in [3.63, 3.8) is 0 Å². The van der Waals surface area contributed by atoms with Crippen LogP contribution in [-0.2, 0) is 6.42 Å². The van der Waals surface area contributed by atoms with E-state index in [2.05, 4.69) is 29.4 Å². The summed E-state index contributed by atoms with van der Waals surface area (Å²) in [7, 11) is 0. The summed E-state index contributed by atoms with van der Waals surface area (Å²) in [5.41, 5.74) is 2.44. The molecule has 124 valence electrons. The van der Waals surface area contributed by atoms with E-state index in [0.717, 1.165) is 23.4 Å². The Bertz CT molecular complexity index is 632. The second-order valence-electron chi connectivity index (χ2n) is 6.07. The molecule has 0 aliphatic heterocycles. The molecule has 5 nitrogen and oxygen atoms in total. The lowest BCUT2D eigenvalue weighted by Gasteiger charge is -2.14. The SMILES string of the molecule is CCOc1ccc(C(C)NC(=O)c2cc(CC(C)C)[nH]n2)cc1. The second-order valence-corrected chi connectivity index (χ2v) is 6.07. The smallest absolute Gasteiger partial charge is 0.272 e. The summed E-state index contributed by atoms with van der Waals surface area (Å²) in [6.45, 7) is 8.82. The quantitative estimate of drug-likeness (QED) is 0.822. The number of nitrogens with one attached hydrogen (secondary N) is 2. The zero-order valence-corrected chi connectivity index (χ0v) is 14.2. The van der Waals surface area contributed by atoms with Crippen molar-refractivity contribution in [1.29, 1.82) is 0 Å². The number of carbonyl (C=O) groups is 1. The molecule has 5 heteroatoms. The van der Waals surface area contributed by atoms with E-state index in [1.165, 1.54) is 0 Å². The number of hydrogen-bond acceptors (Lipinski definition) is 3. The Morgan fingerprint density at radius 2 is 1.96 bits per heavy atom. The maximum absolute atomic E-state index is 12.3. The molecule has 0 spiro atoms. The van der Waals surface area contributed by atoms with Crippen LogP contribution < -0.4 is 10.1 Å². The van der Waals surface area contributed by atoms with Crippen LogP contribution in [0.4, 0.5) is 0 Å². The van der Waals surface area contributed by atoms with Crippen LogP contribution in [0.2, 0.25) is 0 Å². The van der Waals surface area contributed by atoms with Gasteiger partial charge < -0.3 is 10.1 Å². The number of aromatic amines is 1. The van der Waals surface area contributed by atoms with Gasteiger partial charge in [0.1, 0.15) is 11.4 Å². The maximum Gasteiger partial charge on any atom is 0.272 e. The standard InChI is InChI=1S/C18H25N3O2/c1-5-23-16-8-6-14(7-9-16)13(4)19-18(22)17-11-15(20-21-17)10-12(2)3/h6-9,11-13H,5,10H2,1-4H3,(H,19,22)(H,20,21). The zero-order valence-electron chi connectivity index (χ0n) is 14.2. The van der Waals surface area contributed by atoms with Crippen LogP contribution in [0, 0.1) is 5.92 Å². The highest BCUT2D eigenvalue weighted by Gasteiger charge is 2.15. The van der Waals surface area contributed by atoms with Gasteiger partial charge in [0.2, 0.25) is 0 Å². The molecule has 1 amide bonds. The number of hydrogen-bond donors (Lipinski definition) is 2. The zero-order chi connectivity index (χ0) is 16.8. The molecular formula is C18H25N3O2. The molecule has 0 aliphatic carbocycles. The Labute approximate surface area is 137 Å². The molecule has 23 heavy (non-hydrogen) atoms. The molecule has 0 saturated heterocycles. The highest BCUT2D eigenvalue weighted by Crippen LogP contribution is 2.18. The Balaban J connectivity index is 1.97. The number of carbonyl (C=O) groups excluding carboxylic acids is 1. The van der Waals surface area contributed by atoms with Crippen molar-refractivity contribution in [2.75, 3.05) is 6.61 Å². The summed E-state index contributed by atoms with van der Waals surface area (Å²) in [6, 6.07) is 9.48. The Morgan fingerprint density at radius 1 is 1.26 bits per heavy atom. The first-order valence-electron chi connectivity index (χ1n) is 8.07. The van der Waals surface area contributed by atoms with Gasteiger partial charge in [-0.25, -0.2) is 0 Å². The third-order valence-corrected chi connectivity index (χ3v) is 3.53. The topological polar surface area (TPSA) is 67.0 Å². The molecule has 1 heterocycles. The number of rotatable bonds is 7. The molecule has 1 aromatic heterocycles. The molecule has 0 radical (unpaired) electrons. The minimum atomic E-state index is -0.169. The summed E-state index contributed by atoms with van der Waals surface area (Å²) in [4.78, 5) is 12.3. The fourth-order valence-electron chi connectivity index (χ4n) is 2.40. The number of H-pyrrole nitrogens is 1. The van der Waals surface area contributed by atoms with Gasteiger partial charge in [0.25, 0.3) is 5.91 Å². The Hall–Kier alpha value is -2.30. The summed E-state index contributed by atoms with van der Waals surface area (Å²) in [5.74, 6) is 1.19. The molecule has 0 saturated carbocycles. The fourth-order valence-corrected chi connectivity index (χ4v) is 2.40. The first-order chi connectivity index (χ1) is 11.0. The van der Waals surface area contributed by atoms with Crippen molar-refractivity contribution < 1.29 is 9.53 Å². The van der Waals surface area contributed by atoms with Crippen LogP contribution >= 0.6 is 0 Å². The highest BCUT2D eigenvalue weighted by atomic mass is 16.5. The Morgan fingerprint density at radius 3 is 2.57 bits per heavy atom. The third-order valence-electron chi connectivity index (χ3n) is 3.53. The number of ether oxygens (including phenoxy) is 1. The average Bonchev–Trinajstić information content (AvgIpc) is 2.96. The lowest BCUT2D eigenvalue weighted by atomic mass is 10.1. The molecule has 1 unspecified atom stereocenters. The first kappa shape index (κ1) is 17.1. The monoisotopic (exact) mass is 315 g/mol. The van der Waals surface area contributed by atoms with E-state index in [4.69, 9.17) is 4.74 Å². The van der Waals surface area contributed by atoms with Crippen molar-refractivity contribution in [2.45, 2.75) is 40.2 Å². The van der Waals surface area contributed by atoms with E-state index in [-0.39, 0.29) is 11.9 Å². The van der Waals surface area contributed by atoms with E-state index >= 15 is 0 Å². The van der Waals surface area contributed by atoms with E-state index in [0.29, 0.717) is 18.2 Å². The fraction of sp³-hybridized carbons (Fsp3) is 0.444. The van der Waals surface area contributed by atoms with Gasteiger partial charge in [0.05, 0.1) is 12.6 Å². The van der Waals surface area contributed by atoms with Gasteiger partial charge >= 0.3 is 0 Å². The molecule has 1 atom stereocenters. The van der Waals surface area contributed by atoms with Gasteiger partial charge in [-0.15, -0.1) is 0 Å². The minimum Gasteiger partial charge on any atom is -0.494 e. The van der Waals surface area contributed by atoms with Gasteiger partial charge in [-0.2, -0.15) is 5.10 Å². The minimum absolute atomic E-state index is 0.0941. The molecule has 0 bridgehead atoms. The van der Waals surface area contributed by atoms with E-state index in [1.807, 2.05) is 44.2 Å². The van der Waals surface area contributed by atoms with Crippen molar-refractivity contribution in [3.8, 4) is 5.75 Å². The van der Waals surface area contributed by atoms with Gasteiger partial charge in [0, 0.05) is 5.69 Å². The molecule has 2 aromatic rings. The van der Waals surface area contributed by atoms with Crippen molar-refractivity contribution in [2.24, 2.45) is 5.92 Å². The molecule has 1 aromatic carbocycles. The Kier molecular flexibility index (Phi) is 5.79. The summed E-state index contributed by atoms with van der Waals surface area (Å²) < 4.78 is 5.42. The van der Waals surface area contributed by atoms with Crippen LogP contribution in [0.25, 0.3) is 0 Å². The summed E-state index contributed by atoms with van der Waals surface area (Å²) in [5, 5.41) is 9.99.